The summed E-state index contributed by atoms with van der Waals surface area (Å²) in [6, 6.07) is 12.1. The molecule has 1 aliphatic heterocycles. The number of carbonyl (C=O) groups excluding carboxylic acids is 1. The van der Waals surface area contributed by atoms with Crippen LogP contribution in [0.3, 0.4) is 0 Å². The number of halogens is 4. The maximum absolute atomic E-state index is 13.6. The maximum atomic E-state index is 13.6. The van der Waals surface area contributed by atoms with Gasteiger partial charge in [0.25, 0.3) is 0 Å². The number of aromatic nitrogens is 1. The molecule has 224 valence electrons. The van der Waals surface area contributed by atoms with Crippen LogP contribution in [0.2, 0.25) is 10.0 Å². The summed E-state index contributed by atoms with van der Waals surface area (Å²) < 4.78 is 70.5. The predicted octanol–water partition coefficient (Wildman–Crippen LogP) is 6.37. The second-order valence-electron chi connectivity index (χ2n) is 9.70. The van der Waals surface area contributed by atoms with Gasteiger partial charge in [0.1, 0.15) is 6.10 Å². The number of pyridine rings is 1. The van der Waals surface area contributed by atoms with Crippen LogP contribution in [0.15, 0.2) is 65.8 Å². The lowest BCUT2D eigenvalue weighted by molar-refractivity contribution is -0.150. The van der Waals surface area contributed by atoms with Crippen molar-refractivity contribution in [2.75, 3.05) is 18.9 Å². The second-order valence-corrected chi connectivity index (χ2v) is 13.6. The lowest BCUT2D eigenvalue weighted by Crippen LogP contribution is -2.40. The number of hydrogen-bond donors (Lipinski definition) is 0. The molecule has 2 aliphatic rings. The number of sulfonamides is 1. The van der Waals surface area contributed by atoms with Gasteiger partial charge in [-0.2, -0.15) is 13.1 Å². The van der Waals surface area contributed by atoms with Crippen molar-refractivity contribution in [1.29, 1.82) is 0 Å². The molecule has 1 saturated heterocycles. The highest BCUT2D eigenvalue weighted by Gasteiger charge is 2.42. The Hall–Kier alpha value is -2.64. The van der Waals surface area contributed by atoms with E-state index in [0.29, 0.717) is 29.4 Å². The van der Waals surface area contributed by atoms with E-state index in [9.17, 15) is 22.0 Å². The Morgan fingerprint density at radius 2 is 1.79 bits per heavy atom. The van der Waals surface area contributed by atoms with Gasteiger partial charge in [-0.1, -0.05) is 47.5 Å². The van der Waals surface area contributed by atoms with Gasteiger partial charge in [-0.05, 0) is 54.2 Å². The molecule has 2 aromatic carbocycles. The fraction of sp³-hybridized carbons (Fsp3) is 0.357. The third kappa shape index (κ3) is 7.28. The highest BCUT2D eigenvalue weighted by Crippen LogP contribution is 2.39. The van der Waals surface area contributed by atoms with E-state index in [-0.39, 0.29) is 39.4 Å². The molecule has 1 aliphatic carbocycles. The summed E-state index contributed by atoms with van der Waals surface area (Å²) in [7, 11) is -3.99. The molecule has 2 fully saturated rings. The average molecular weight is 660 g/mol. The number of hydrogen-bond acceptors (Lipinski definition) is 8. The van der Waals surface area contributed by atoms with Gasteiger partial charge in [0.15, 0.2) is 16.9 Å². The Balaban J connectivity index is 1.46. The Morgan fingerprint density at radius 3 is 2.45 bits per heavy atom. The molecule has 1 saturated carbocycles. The largest absolute Gasteiger partial charge is 0.489 e. The van der Waals surface area contributed by atoms with Crippen LogP contribution in [0.25, 0.3) is 0 Å². The SMILES string of the molecule is O=C(OC(Cc1c(Cl)cncc1Cl)c1ccc(OC(F)F)c(OCC2CC2)c1)[C@@H]1SCCN1S(=O)(=O)c1ccccc1. The van der Waals surface area contributed by atoms with E-state index in [2.05, 4.69) is 9.72 Å². The fourth-order valence-electron chi connectivity index (χ4n) is 4.38. The van der Waals surface area contributed by atoms with Crippen molar-refractivity contribution in [3.05, 3.63) is 82.1 Å². The van der Waals surface area contributed by atoms with Crippen molar-refractivity contribution in [3.8, 4) is 11.5 Å². The third-order valence-corrected chi connectivity index (χ3v) is 10.6. The molecular weight excluding hydrogens is 633 g/mol. The molecule has 0 N–H and O–H groups in total. The number of carbonyl (C=O) groups is 1. The number of benzene rings is 2. The molecule has 42 heavy (non-hydrogen) atoms. The summed E-state index contributed by atoms with van der Waals surface area (Å²) in [5.74, 6) is -0.177. The maximum Gasteiger partial charge on any atom is 0.387 e. The number of rotatable bonds is 12. The average Bonchev–Trinajstić information content (AvgIpc) is 3.65. The van der Waals surface area contributed by atoms with E-state index in [4.69, 9.17) is 32.7 Å². The summed E-state index contributed by atoms with van der Waals surface area (Å²) in [4.78, 5) is 17.6. The molecule has 14 heteroatoms. The lowest BCUT2D eigenvalue weighted by Gasteiger charge is -2.26. The number of esters is 1. The number of ether oxygens (including phenoxy) is 3. The number of nitrogens with zero attached hydrogens (tertiary/aromatic N) is 2. The highest BCUT2D eigenvalue weighted by molar-refractivity contribution is 8.02. The van der Waals surface area contributed by atoms with Crippen molar-refractivity contribution in [2.45, 2.75) is 42.2 Å². The van der Waals surface area contributed by atoms with E-state index >= 15 is 0 Å². The van der Waals surface area contributed by atoms with Crippen LogP contribution in [0, 0.1) is 5.92 Å². The van der Waals surface area contributed by atoms with E-state index in [0.717, 1.165) is 28.9 Å². The van der Waals surface area contributed by atoms with Crippen LogP contribution in [-0.2, 0) is 26.0 Å². The monoisotopic (exact) mass is 658 g/mol. The van der Waals surface area contributed by atoms with Crippen molar-refractivity contribution >= 4 is 51.0 Å². The molecule has 0 bridgehead atoms. The van der Waals surface area contributed by atoms with Crippen LogP contribution in [0.4, 0.5) is 8.78 Å². The molecule has 2 heterocycles. The summed E-state index contributed by atoms with van der Waals surface area (Å²) >= 11 is 13.9. The molecule has 0 radical (unpaired) electrons. The molecule has 2 atom stereocenters. The second kappa shape index (κ2) is 13.3. The van der Waals surface area contributed by atoms with E-state index < -0.39 is 34.1 Å². The van der Waals surface area contributed by atoms with Crippen molar-refractivity contribution in [2.24, 2.45) is 5.92 Å². The molecule has 0 spiro atoms. The third-order valence-electron chi connectivity index (χ3n) is 6.73. The standard InChI is InChI=1S/C28H26Cl2F2N2O6S2/c29-21-14-33-15-22(30)20(21)13-24(18-8-9-23(40-28(31)32)25(12-18)38-16-17-6-7-17)39-27(35)26-34(10-11-41-26)42(36,37)19-4-2-1-3-5-19/h1-5,8-9,12,14-15,17,24,26,28H,6-7,10-11,13,16H2/t24?,26-/m0/s1. The molecule has 3 aromatic rings. The smallest absolute Gasteiger partial charge is 0.387 e. The molecule has 1 unspecified atom stereocenters. The predicted molar refractivity (Wildman–Crippen MR) is 155 cm³/mol. The first-order chi connectivity index (χ1) is 20.1. The van der Waals surface area contributed by atoms with Gasteiger partial charge in [-0.25, -0.2) is 13.2 Å². The van der Waals surface area contributed by atoms with E-state index in [1.165, 1.54) is 42.7 Å². The molecule has 8 nitrogen and oxygen atoms in total. The number of alkyl halides is 2. The van der Waals surface area contributed by atoms with Gasteiger partial charge < -0.3 is 14.2 Å². The topological polar surface area (TPSA) is 95.0 Å². The minimum Gasteiger partial charge on any atom is -0.489 e. The lowest BCUT2D eigenvalue weighted by atomic mass is 10.0. The minimum absolute atomic E-state index is 0.00807. The van der Waals surface area contributed by atoms with Crippen LogP contribution in [0.1, 0.15) is 30.1 Å². The first-order valence-electron chi connectivity index (χ1n) is 13.0. The summed E-state index contributed by atoms with van der Waals surface area (Å²) in [6.45, 7) is -2.63. The van der Waals surface area contributed by atoms with Crippen LogP contribution >= 0.6 is 35.0 Å². The van der Waals surface area contributed by atoms with Gasteiger partial charge in [0.2, 0.25) is 10.0 Å². The summed E-state index contributed by atoms with van der Waals surface area (Å²) in [5.41, 5.74) is 0.826. The Bertz CT molecular complexity index is 1510. The van der Waals surface area contributed by atoms with Crippen LogP contribution < -0.4 is 9.47 Å². The summed E-state index contributed by atoms with van der Waals surface area (Å²) in [6.07, 6.45) is 3.70. The summed E-state index contributed by atoms with van der Waals surface area (Å²) in [5, 5.41) is -0.682. The van der Waals surface area contributed by atoms with Gasteiger partial charge >= 0.3 is 12.6 Å². The van der Waals surface area contributed by atoms with Gasteiger partial charge in [0, 0.05) is 31.1 Å². The molecule has 0 amide bonds. The quantitative estimate of drug-likeness (QED) is 0.207. The first kappa shape index (κ1) is 30.8. The van der Waals surface area contributed by atoms with Crippen molar-refractivity contribution < 1.29 is 36.2 Å². The number of thioether (sulfide) groups is 1. The van der Waals surface area contributed by atoms with Gasteiger partial charge in [0.05, 0.1) is 21.5 Å². The Labute approximate surface area is 256 Å². The molecule has 5 rings (SSSR count). The first-order valence-corrected chi connectivity index (χ1v) is 16.3. The molecule has 1 aromatic heterocycles. The zero-order valence-electron chi connectivity index (χ0n) is 22.0. The van der Waals surface area contributed by atoms with Crippen molar-refractivity contribution in [1.82, 2.24) is 9.29 Å². The van der Waals surface area contributed by atoms with Gasteiger partial charge in [-0.3, -0.25) is 4.98 Å². The van der Waals surface area contributed by atoms with E-state index in [1.54, 1.807) is 18.2 Å². The minimum atomic E-state index is -3.99. The van der Waals surface area contributed by atoms with Gasteiger partial charge in [-0.15, -0.1) is 11.8 Å². The normalized spacial score (nSPS) is 18.2. The Morgan fingerprint density at radius 1 is 1.07 bits per heavy atom. The van der Waals surface area contributed by atoms with Crippen molar-refractivity contribution in [3.63, 3.8) is 0 Å². The van der Waals surface area contributed by atoms with E-state index in [1.807, 2.05) is 0 Å². The van der Waals surface area contributed by atoms with Crippen LogP contribution in [-0.4, -0.2) is 54.6 Å². The Kier molecular flexibility index (Phi) is 9.78. The highest BCUT2D eigenvalue weighted by atomic mass is 35.5. The van der Waals surface area contributed by atoms with Crippen LogP contribution in [0.5, 0.6) is 11.5 Å². The molecular formula is C28H26Cl2F2N2O6S2. The zero-order valence-corrected chi connectivity index (χ0v) is 25.1. The fourth-order valence-corrected chi connectivity index (χ4v) is 7.97. The zero-order chi connectivity index (χ0) is 29.9.